The molecule has 1 unspecified atom stereocenters. The van der Waals surface area contributed by atoms with Gasteiger partial charge in [0, 0.05) is 30.9 Å². The monoisotopic (exact) mass is 351 g/mol. The van der Waals surface area contributed by atoms with Crippen LogP contribution in [0.1, 0.15) is 49.0 Å². The molecule has 1 aliphatic heterocycles. The Morgan fingerprint density at radius 1 is 1.23 bits per heavy atom. The van der Waals surface area contributed by atoms with Crippen molar-refractivity contribution >= 4 is 11.7 Å². The van der Waals surface area contributed by atoms with E-state index in [1.165, 1.54) is 18.4 Å². The molecule has 0 radical (unpaired) electrons. The number of hydrogen-bond donors (Lipinski definition) is 1. The van der Waals surface area contributed by atoms with Crippen molar-refractivity contribution in [3.05, 3.63) is 59.8 Å². The molecule has 1 aliphatic rings. The lowest BCUT2D eigenvalue weighted by Gasteiger charge is -2.33. The van der Waals surface area contributed by atoms with Gasteiger partial charge in [0.15, 0.2) is 0 Å². The number of carbonyl (C=O) groups is 1. The second kappa shape index (κ2) is 8.84. The highest BCUT2D eigenvalue weighted by Gasteiger charge is 2.21. The molecule has 1 aromatic carbocycles. The summed E-state index contributed by atoms with van der Waals surface area (Å²) in [6.45, 7) is 6.10. The highest BCUT2D eigenvalue weighted by atomic mass is 16.1. The van der Waals surface area contributed by atoms with E-state index in [1.807, 2.05) is 13.0 Å². The molecular weight excluding hydrogens is 322 g/mol. The molecule has 0 aliphatic carbocycles. The molecular formula is C22H29N3O. The van der Waals surface area contributed by atoms with E-state index in [0.29, 0.717) is 5.56 Å². The molecule has 3 rings (SSSR count). The lowest BCUT2D eigenvalue weighted by atomic mass is 9.90. The van der Waals surface area contributed by atoms with Crippen molar-refractivity contribution < 1.29 is 4.79 Å². The predicted octanol–water partition coefficient (Wildman–Crippen LogP) is 4.07. The molecule has 26 heavy (non-hydrogen) atoms. The van der Waals surface area contributed by atoms with Gasteiger partial charge in [-0.15, -0.1) is 0 Å². The predicted molar refractivity (Wildman–Crippen MR) is 107 cm³/mol. The first kappa shape index (κ1) is 18.4. The van der Waals surface area contributed by atoms with Crippen LogP contribution in [0, 0.1) is 5.92 Å². The fraction of sp³-hybridized carbons (Fsp3) is 0.455. The molecule has 1 saturated heterocycles. The van der Waals surface area contributed by atoms with Crippen molar-refractivity contribution in [2.75, 3.05) is 18.0 Å². The molecule has 2 aromatic rings. The zero-order chi connectivity index (χ0) is 18.4. The Labute approximate surface area is 156 Å². The van der Waals surface area contributed by atoms with Gasteiger partial charge in [-0.3, -0.25) is 4.79 Å². The van der Waals surface area contributed by atoms with E-state index in [-0.39, 0.29) is 11.9 Å². The van der Waals surface area contributed by atoms with Crippen LogP contribution in [0.2, 0.25) is 0 Å². The molecule has 1 atom stereocenters. The van der Waals surface area contributed by atoms with Crippen molar-refractivity contribution in [3.8, 4) is 0 Å². The van der Waals surface area contributed by atoms with Crippen LogP contribution in [0.15, 0.2) is 48.7 Å². The van der Waals surface area contributed by atoms with Gasteiger partial charge in [0.05, 0.1) is 0 Å². The Hall–Kier alpha value is -2.36. The van der Waals surface area contributed by atoms with Gasteiger partial charge in [-0.1, -0.05) is 37.3 Å². The minimum absolute atomic E-state index is 0.0121. The average molecular weight is 351 g/mol. The summed E-state index contributed by atoms with van der Waals surface area (Å²) in [5, 5.41) is 3.03. The van der Waals surface area contributed by atoms with E-state index in [1.54, 1.807) is 12.3 Å². The van der Waals surface area contributed by atoms with Crippen LogP contribution in [0.4, 0.5) is 5.82 Å². The molecule has 4 heteroatoms. The van der Waals surface area contributed by atoms with Gasteiger partial charge < -0.3 is 10.2 Å². The second-order valence-corrected chi connectivity index (χ2v) is 7.31. The van der Waals surface area contributed by atoms with Gasteiger partial charge in [-0.05, 0) is 56.2 Å². The summed E-state index contributed by atoms with van der Waals surface area (Å²) in [5.74, 6) is 1.63. The minimum atomic E-state index is -0.0121. The first-order valence-electron chi connectivity index (χ1n) is 9.71. The van der Waals surface area contributed by atoms with E-state index in [4.69, 9.17) is 0 Å². The number of nitrogens with one attached hydrogen (secondary N) is 1. The number of piperidine rings is 1. The second-order valence-electron chi connectivity index (χ2n) is 7.31. The number of carbonyl (C=O) groups excluding carboxylic acids is 1. The van der Waals surface area contributed by atoms with Crippen molar-refractivity contribution in [1.29, 1.82) is 0 Å². The quantitative estimate of drug-likeness (QED) is 0.853. The van der Waals surface area contributed by atoms with Crippen LogP contribution >= 0.6 is 0 Å². The number of nitrogens with zero attached hydrogens (tertiary/aromatic N) is 2. The Kier molecular flexibility index (Phi) is 6.26. The van der Waals surface area contributed by atoms with Crippen LogP contribution in [0.25, 0.3) is 0 Å². The lowest BCUT2D eigenvalue weighted by molar-refractivity contribution is 0.0939. The van der Waals surface area contributed by atoms with Gasteiger partial charge in [-0.2, -0.15) is 0 Å². The molecule has 2 heterocycles. The number of anilines is 1. The molecule has 0 bridgehead atoms. The number of amides is 1. The number of benzene rings is 1. The highest BCUT2D eigenvalue weighted by Crippen LogP contribution is 2.25. The summed E-state index contributed by atoms with van der Waals surface area (Å²) in [6.07, 6.45) is 6.16. The van der Waals surface area contributed by atoms with Crippen LogP contribution in [-0.4, -0.2) is 30.0 Å². The van der Waals surface area contributed by atoms with Crippen molar-refractivity contribution in [2.45, 2.75) is 45.6 Å². The Morgan fingerprint density at radius 3 is 2.65 bits per heavy atom. The molecule has 1 fully saturated rings. The SMILES string of the molecule is CCC(C)NC(=O)c1ccnc(N2CCC(Cc3ccccc3)CC2)c1. The van der Waals surface area contributed by atoms with Crippen LogP contribution in [-0.2, 0) is 6.42 Å². The summed E-state index contributed by atoms with van der Waals surface area (Å²) in [7, 11) is 0. The van der Waals surface area contributed by atoms with E-state index in [9.17, 15) is 4.79 Å². The Bertz CT molecular complexity index is 708. The summed E-state index contributed by atoms with van der Waals surface area (Å²) >= 11 is 0. The maximum absolute atomic E-state index is 12.3. The smallest absolute Gasteiger partial charge is 0.251 e. The third-order valence-corrected chi connectivity index (χ3v) is 5.30. The Morgan fingerprint density at radius 2 is 1.96 bits per heavy atom. The number of pyridine rings is 1. The average Bonchev–Trinajstić information content (AvgIpc) is 2.69. The minimum Gasteiger partial charge on any atom is -0.357 e. The van der Waals surface area contributed by atoms with Gasteiger partial charge >= 0.3 is 0 Å². The fourth-order valence-corrected chi connectivity index (χ4v) is 3.46. The molecule has 4 nitrogen and oxygen atoms in total. The van der Waals surface area contributed by atoms with Gasteiger partial charge in [0.1, 0.15) is 5.82 Å². The third-order valence-electron chi connectivity index (χ3n) is 5.30. The fourth-order valence-electron chi connectivity index (χ4n) is 3.46. The van der Waals surface area contributed by atoms with Crippen molar-refractivity contribution in [2.24, 2.45) is 5.92 Å². The molecule has 1 N–H and O–H groups in total. The van der Waals surface area contributed by atoms with Gasteiger partial charge in [0.25, 0.3) is 5.91 Å². The maximum atomic E-state index is 12.3. The van der Waals surface area contributed by atoms with Crippen molar-refractivity contribution in [1.82, 2.24) is 10.3 Å². The van der Waals surface area contributed by atoms with Gasteiger partial charge in [0.2, 0.25) is 0 Å². The first-order chi connectivity index (χ1) is 12.7. The normalized spacial score (nSPS) is 16.3. The number of rotatable bonds is 6. The summed E-state index contributed by atoms with van der Waals surface area (Å²) < 4.78 is 0. The van der Waals surface area contributed by atoms with Crippen LogP contribution in [0.5, 0.6) is 0 Å². The number of aromatic nitrogens is 1. The first-order valence-corrected chi connectivity index (χ1v) is 9.71. The molecule has 1 aromatic heterocycles. The summed E-state index contributed by atoms with van der Waals surface area (Å²) in [6, 6.07) is 14.6. The lowest BCUT2D eigenvalue weighted by Crippen LogP contribution is -2.35. The Balaban J connectivity index is 1.57. The van der Waals surface area contributed by atoms with E-state index >= 15 is 0 Å². The van der Waals surface area contributed by atoms with E-state index in [0.717, 1.165) is 37.7 Å². The largest absolute Gasteiger partial charge is 0.357 e. The molecule has 0 spiro atoms. The highest BCUT2D eigenvalue weighted by molar-refractivity contribution is 5.95. The van der Waals surface area contributed by atoms with E-state index < -0.39 is 0 Å². The standard InChI is InChI=1S/C22H29N3O/c1-3-17(2)24-22(26)20-9-12-23-21(16-20)25-13-10-19(11-14-25)15-18-7-5-4-6-8-18/h4-9,12,16-17,19H,3,10-11,13-15H2,1-2H3,(H,24,26). The van der Waals surface area contributed by atoms with Crippen LogP contribution < -0.4 is 10.2 Å². The zero-order valence-electron chi connectivity index (χ0n) is 15.8. The summed E-state index contributed by atoms with van der Waals surface area (Å²) in [5.41, 5.74) is 2.12. The zero-order valence-corrected chi connectivity index (χ0v) is 15.8. The number of hydrogen-bond acceptors (Lipinski definition) is 3. The molecule has 1 amide bonds. The topological polar surface area (TPSA) is 45.2 Å². The molecule has 138 valence electrons. The van der Waals surface area contributed by atoms with Crippen molar-refractivity contribution in [3.63, 3.8) is 0 Å². The van der Waals surface area contributed by atoms with E-state index in [2.05, 4.69) is 52.5 Å². The van der Waals surface area contributed by atoms with Gasteiger partial charge in [-0.25, -0.2) is 4.98 Å². The van der Waals surface area contributed by atoms with Crippen LogP contribution in [0.3, 0.4) is 0 Å². The third kappa shape index (κ3) is 4.84. The molecule has 0 saturated carbocycles. The maximum Gasteiger partial charge on any atom is 0.251 e. The summed E-state index contributed by atoms with van der Waals surface area (Å²) in [4.78, 5) is 19.2.